The van der Waals surface area contributed by atoms with Crippen LogP contribution in [0.2, 0.25) is 0 Å². The van der Waals surface area contributed by atoms with E-state index in [2.05, 4.69) is 5.32 Å². The zero-order valence-corrected chi connectivity index (χ0v) is 15.4. The second-order valence-electron chi connectivity index (χ2n) is 6.18. The molecule has 1 fully saturated rings. The maximum absolute atomic E-state index is 12.2. The van der Waals surface area contributed by atoms with Gasteiger partial charge in [0.05, 0.1) is 14.2 Å². The van der Waals surface area contributed by atoms with Crippen molar-refractivity contribution in [1.29, 1.82) is 0 Å². The Kier molecular flexibility index (Phi) is 8.93. The van der Waals surface area contributed by atoms with Gasteiger partial charge in [-0.25, -0.2) is 0 Å². The van der Waals surface area contributed by atoms with Crippen molar-refractivity contribution in [2.45, 2.75) is 44.6 Å². The molecule has 0 spiro atoms. The lowest BCUT2D eigenvalue weighted by atomic mass is 9.84. The van der Waals surface area contributed by atoms with Gasteiger partial charge in [-0.15, -0.1) is 12.4 Å². The van der Waals surface area contributed by atoms with E-state index in [1.807, 2.05) is 18.2 Å². The van der Waals surface area contributed by atoms with Crippen LogP contribution < -0.4 is 20.5 Å². The normalized spacial score (nSPS) is 20.0. The second-order valence-corrected chi connectivity index (χ2v) is 6.18. The number of aryl methyl sites for hydroxylation is 1. The van der Waals surface area contributed by atoms with Crippen LogP contribution in [-0.2, 0) is 11.2 Å². The van der Waals surface area contributed by atoms with Gasteiger partial charge in [0.25, 0.3) is 0 Å². The highest BCUT2D eigenvalue weighted by Crippen LogP contribution is 2.25. The number of ether oxygens (including phenoxy) is 2. The molecule has 1 aromatic rings. The smallest absolute Gasteiger partial charge is 0.220 e. The third-order valence-corrected chi connectivity index (χ3v) is 4.61. The summed E-state index contributed by atoms with van der Waals surface area (Å²) in [6, 6.07) is 5.96. The standard InChI is InChI=1S/C18H28N2O3.ClH/c1-22-15-9-13(10-16(11-15)23-2)7-8-18(21)20-17-6-4-3-5-14(17)12-19;/h9-11,14,17H,3-8,12,19H2,1-2H3,(H,20,21);1H. The van der Waals surface area contributed by atoms with Gasteiger partial charge in [0.2, 0.25) is 5.91 Å². The van der Waals surface area contributed by atoms with E-state index >= 15 is 0 Å². The number of methoxy groups -OCH3 is 2. The molecular weight excluding hydrogens is 328 g/mol. The van der Waals surface area contributed by atoms with Crippen molar-refractivity contribution in [1.82, 2.24) is 5.32 Å². The average molecular weight is 357 g/mol. The van der Waals surface area contributed by atoms with E-state index in [1.54, 1.807) is 14.2 Å². The molecule has 2 rings (SSSR count). The Labute approximate surface area is 150 Å². The Morgan fingerprint density at radius 1 is 1.17 bits per heavy atom. The van der Waals surface area contributed by atoms with E-state index in [0.717, 1.165) is 29.9 Å². The molecule has 0 aromatic heterocycles. The molecule has 0 aliphatic heterocycles. The molecule has 1 saturated carbocycles. The van der Waals surface area contributed by atoms with Crippen molar-refractivity contribution >= 4 is 18.3 Å². The van der Waals surface area contributed by atoms with Crippen molar-refractivity contribution in [2.75, 3.05) is 20.8 Å². The zero-order valence-electron chi connectivity index (χ0n) is 14.5. The van der Waals surface area contributed by atoms with Crippen LogP contribution in [0.25, 0.3) is 0 Å². The summed E-state index contributed by atoms with van der Waals surface area (Å²) in [5, 5.41) is 3.17. The maximum atomic E-state index is 12.2. The Morgan fingerprint density at radius 3 is 2.38 bits per heavy atom. The molecule has 1 aromatic carbocycles. The zero-order chi connectivity index (χ0) is 16.7. The number of nitrogens with one attached hydrogen (secondary N) is 1. The number of amides is 1. The largest absolute Gasteiger partial charge is 0.497 e. The van der Waals surface area contributed by atoms with E-state index in [4.69, 9.17) is 15.2 Å². The third kappa shape index (κ3) is 5.87. The van der Waals surface area contributed by atoms with Gasteiger partial charge in [-0.2, -0.15) is 0 Å². The highest BCUT2D eigenvalue weighted by Gasteiger charge is 2.25. The topological polar surface area (TPSA) is 73.6 Å². The highest BCUT2D eigenvalue weighted by molar-refractivity contribution is 5.85. The number of hydrogen-bond acceptors (Lipinski definition) is 4. The Morgan fingerprint density at radius 2 is 1.79 bits per heavy atom. The van der Waals surface area contributed by atoms with E-state index in [9.17, 15) is 4.79 Å². The fourth-order valence-electron chi connectivity index (χ4n) is 3.23. The second kappa shape index (κ2) is 10.4. The fourth-order valence-corrected chi connectivity index (χ4v) is 3.23. The lowest BCUT2D eigenvalue weighted by Gasteiger charge is -2.31. The predicted octanol–water partition coefficient (Wildman–Crippen LogP) is 2.69. The molecule has 2 atom stereocenters. The van der Waals surface area contributed by atoms with Gasteiger partial charge in [0.1, 0.15) is 11.5 Å². The molecule has 1 amide bonds. The van der Waals surface area contributed by atoms with E-state index in [-0.39, 0.29) is 24.4 Å². The molecule has 0 radical (unpaired) electrons. The van der Waals surface area contributed by atoms with Crippen molar-refractivity contribution in [3.05, 3.63) is 23.8 Å². The molecule has 24 heavy (non-hydrogen) atoms. The van der Waals surface area contributed by atoms with E-state index in [1.165, 1.54) is 12.8 Å². The summed E-state index contributed by atoms with van der Waals surface area (Å²) >= 11 is 0. The van der Waals surface area contributed by atoms with E-state index < -0.39 is 0 Å². The molecule has 0 saturated heterocycles. The number of benzene rings is 1. The molecule has 6 heteroatoms. The Hall–Kier alpha value is -1.46. The summed E-state index contributed by atoms with van der Waals surface area (Å²) in [5.41, 5.74) is 6.86. The van der Waals surface area contributed by atoms with Gasteiger partial charge < -0.3 is 20.5 Å². The molecule has 0 heterocycles. The molecule has 0 bridgehead atoms. The summed E-state index contributed by atoms with van der Waals surface area (Å²) in [6.45, 7) is 0.651. The van der Waals surface area contributed by atoms with Gasteiger partial charge in [-0.3, -0.25) is 4.79 Å². The number of rotatable bonds is 7. The van der Waals surface area contributed by atoms with Crippen LogP contribution in [0.1, 0.15) is 37.7 Å². The molecule has 5 nitrogen and oxygen atoms in total. The van der Waals surface area contributed by atoms with Gasteiger partial charge in [-0.05, 0) is 49.4 Å². The maximum Gasteiger partial charge on any atom is 0.220 e. The summed E-state index contributed by atoms with van der Waals surface area (Å²) in [7, 11) is 3.25. The van der Waals surface area contributed by atoms with Crippen LogP contribution >= 0.6 is 12.4 Å². The van der Waals surface area contributed by atoms with Crippen molar-refractivity contribution in [3.63, 3.8) is 0 Å². The number of carbonyl (C=O) groups excluding carboxylic acids is 1. The monoisotopic (exact) mass is 356 g/mol. The number of hydrogen-bond donors (Lipinski definition) is 2. The van der Waals surface area contributed by atoms with Crippen LogP contribution in [0, 0.1) is 5.92 Å². The average Bonchev–Trinajstić information content (AvgIpc) is 2.60. The first-order valence-corrected chi connectivity index (χ1v) is 8.37. The van der Waals surface area contributed by atoms with Gasteiger partial charge in [0, 0.05) is 18.5 Å². The summed E-state index contributed by atoms with van der Waals surface area (Å²) in [4.78, 5) is 12.2. The molecule has 1 aliphatic carbocycles. The lowest BCUT2D eigenvalue weighted by molar-refractivity contribution is -0.122. The fraction of sp³-hybridized carbons (Fsp3) is 0.611. The highest BCUT2D eigenvalue weighted by atomic mass is 35.5. The summed E-state index contributed by atoms with van der Waals surface area (Å²) < 4.78 is 10.5. The Balaban J connectivity index is 0.00000288. The van der Waals surface area contributed by atoms with Crippen LogP contribution in [0.15, 0.2) is 18.2 Å². The van der Waals surface area contributed by atoms with Crippen molar-refractivity contribution < 1.29 is 14.3 Å². The predicted molar refractivity (Wildman–Crippen MR) is 98.1 cm³/mol. The quantitative estimate of drug-likeness (QED) is 0.787. The van der Waals surface area contributed by atoms with Crippen molar-refractivity contribution in [2.24, 2.45) is 11.7 Å². The minimum absolute atomic E-state index is 0. The molecule has 136 valence electrons. The lowest BCUT2D eigenvalue weighted by Crippen LogP contribution is -2.44. The van der Waals surface area contributed by atoms with E-state index in [0.29, 0.717) is 25.3 Å². The van der Waals surface area contributed by atoms with Crippen LogP contribution in [-0.4, -0.2) is 32.7 Å². The first kappa shape index (κ1) is 20.6. The first-order chi connectivity index (χ1) is 11.2. The minimum Gasteiger partial charge on any atom is -0.497 e. The van der Waals surface area contributed by atoms with Crippen molar-refractivity contribution in [3.8, 4) is 11.5 Å². The van der Waals surface area contributed by atoms with Crippen LogP contribution in [0.4, 0.5) is 0 Å². The minimum atomic E-state index is 0. The summed E-state index contributed by atoms with van der Waals surface area (Å²) in [6.07, 6.45) is 5.69. The van der Waals surface area contributed by atoms with Crippen LogP contribution in [0.3, 0.4) is 0 Å². The molecule has 3 N–H and O–H groups in total. The molecule has 2 unspecified atom stereocenters. The summed E-state index contributed by atoms with van der Waals surface area (Å²) in [5.74, 6) is 2.01. The third-order valence-electron chi connectivity index (χ3n) is 4.61. The first-order valence-electron chi connectivity index (χ1n) is 8.37. The molecule has 1 aliphatic rings. The van der Waals surface area contributed by atoms with Gasteiger partial charge in [0.15, 0.2) is 0 Å². The van der Waals surface area contributed by atoms with Crippen LogP contribution in [0.5, 0.6) is 11.5 Å². The SMILES string of the molecule is COc1cc(CCC(=O)NC2CCCCC2CN)cc(OC)c1.Cl. The van der Waals surface area contributed by atoms with Gasteiger partial charge >= 0.3 is 0 Å². The molecular formula is C18H29ClN2O3. The number of nitrogens with two attached hydrogens (primary N) is 1. The number of carbonyl (C=O) groups is 1. The Bertz CT molecular complexity index is 503. The van der Waals surface area contributed by atoms with Gasteiger partial charge in [-0.1, -0.05) is 12.8 Å². The number of halogens is 1.